The van der Waals surface area contributed by atoms with Gasteiger partial charge in [-0.15, -0.1) is 0 Å². The number of carboxylic acids is 2. The lowest BCUT2D eigenvalue weighted by molar-refractivity contribution is 0.0683. The van der Waals surface area contributed by atoms with Crippen LogP contribution in [0.15, 0.2) is 41.5 Å². The Kier molecular flexibility index (Phi) is 4.35. The van der Waals surface area contributed by atoms with Gasteiger partial charge in [0.15, 0.2) is 22.8 Å². The minimum Gasteiger partial charge on any atom is -0.478 e. The van der Waals surface area contributed by atoms with Crippen LogP contribution in [0.1, 0.15) is 20.8 Å². The zero-order chi connectivity index (χ0) is 21.4. The lowest BCUT2D eigenvalue weighted by Crippen LogP contribution is -2.14. The molecule has 0 unspecified atom stereocenters. The van der Waals surface area contributed by atoms with Crippen molar-refractivity contribution < 1.29 is 19.8 Å². The Morgan fingerprint density at radius 2 is 1.80 bits per heavy atom. The summed E-state index contributed by atoms with van der Waals surface area (Å²) in [6, 6.07) is 7.20. The number of aromatic carboxylic acids is 2. The second kappa shape index (κ2) is 7.01. The molecule has 12 nitrogen and oxygen atoms in total. The van der Waals surface area contributed by atoms with Crippen molar-refractivity contribution in [3.63, 3.8) is 0 Å². The topological polar surface area (TPSA) is 200 Å². The lowest BCUT2D eigenvalue weighted by Gasteiger charge is -2.12. The van der Waals surface area contributed by atoms with Gasteiger partial charge in [0.2, 0.25) is 0 Å². The van der Waals surface area contributed by atoms with E-state index in [-0.39, 0.29) is 34.2 Å². The van der Waals surface area contributed by atoms with Crippen molar-refractivity contribution in [2.75, 3.05) is 11.1 Å². The summed E-state index contributed by atoms with van der Waals surface area (Å²) < 4.78 is 0. The van der Waals surface area contributed by atoms with Crippen molar-refractivity contribution in [1.29, 1.82) is 0 Å². The van der Waals surface area contributed by atoms with Gasteiger partial charge in [-0.25, -0.2) is 24.5 Å². The van der Waals surface area contributed by atoms with Gasteiger partial charge in [0.25, 0.3) is 5.56 Å². The highest BCUT2D eigenvalue weighted by molar-refractivity contribution is 5.94. The van der Waals surface area contributed by atoms with Gasteiger partial charge in [-0.3, -0.25) is 4.79 Å². The van der Waals surface area contributed by atoms with Crippen molar-refractivity contribution in [1.82, 2.24) is 24.9 Å². The molecular formula is C18H13N7O5. The average Bonchev–Trinajstić information content (AvgIpc) is 3.18. The number of pyridine rings is 1. The number of nitrogens with one attached hydrogen (secondary N) is 3. The first-order valence-corrected chi connectivity index (χ1v) is 8.41. The van der Waals surface area contributed by atoms with E-state index in [0.717, 1.165) is 0 Å². The first-order valence-electron chi connectivity index (χ1n) is 8.41. The molecule has 1 aromatic carbocycles. The Hall–Kier alpha value is -4.74. The van der Waals surface area contributed by atoms with Crippen LogP contribution in [0.25, 0.3) is 22.3 Å². The maximum atomic E-state index is 12.1. The van der Waals surface area contributed by atoms with Crippen LogP contribution >= 0.6 is 0 Å². The average molecular weight is 407 g/mol. The van der Waals surface area contributed by atoms with E-state index in [2.05, 4.69) is 30.2 Å². The van der Waals surface area contributed by atoms with Gasteiger partial charge in [0.05, 0.1) is 17.4 Å². The van der Waals surface area contributed by atoms with Gasteiger partial charge in [0.1, 0.15) is 11.5 Å². The van der Waals surface area contributed by atoms with Crippen molar-refractivity contribution in [3.05, 3.63) is 58.3 Å². The van der Waals surface area contributed by atoms with Crippen molar-refractivity contribution in [3.8, 4) is 11.3 Å². The summed E-state index contributed by atoms with van der Waals surface area (Å²) in [6.07, 6.45) is 1.36. The van der Waals surface area contributed by atoms with E-state index in [0.29, 0.717) is 11.1 Å². The number of carbonyl (C=O) groups is 2. The molecule has 12 heteroatoms. The number of fused-ring (bicyclic) bond motifs is 1. The van der Waals surface area contributed by atoms with Crippen LogP contribution in [-0.2, 0) is 0 Å². The minimum absolute atomic E-state index is 0.0659. The third-order valence-corrected chi connectivity index (χ3v) is 4.20. The van der Waals surface area contributed by atoms with E-state index >= 15 is 0 Å². The minimum atomic E-state index is -1.38. The molecular weight excluding hydrogens is 394 g/mol. The van der Waals surface area contributed by atoms with Gasteiger partial charge in [-0.05, 0) is 12.1 Å². The number of imidazole rings is 1. The van der Waals surface area contributed by atoms with E-state index in [1.54, 1.807) is 0 Å². The van der Waals surface area contributed by atoms with Crippen molar-refractivity contribution in [2.45, 2.75) is 0 Å². The number of hydrogen-bond acceptors (Lipinski definition) is 8. The highest BCUT2D eigenvalue weighted by atomic mass is 16.4. The number of aromatic amines is 2. The summed E-state index contributed by atoms with van der Waals surface area (Å²) in [7, 11) is 0. The van der Waals surface area contributed by atoms with Crippen LogP contribution < -0.4 is 16.6 Å². The summed E-state index contributed by atoms with van der Waals surface area (Å²) in [5.41, 5.74) is 6.22. The number of nitrogens with two attached hydrogens (primary N) is 1. The third kappa shape index (κ3) is 3.28. The fourth-order valence-electron chi connectivity index (χ4n) is 2.82. The van der Waals surface area contributed by atoms with Crippen LogP contribution in [0.3, 0.4) is 0 Å². The highest BCUT2D eigenvalue weighted by Crippen LogP contribution is 2.27. The molecule has 0 bridgehead atoms. The molecule has 0 atom stereocenters. The van der Waals surface area contributed by atoms with Crippen LogP contribution in [0.4, 0.5) is 17.5 Å². The number of aromatic nitrogens is 5. The smallest absolute Gasteiger partial charge is 0.358 e. The zero-order valence-electron chi connectivity index (χ0n) is 15.0. The predicted molar refractivity (Wildman–Crippen MR) is 106 cm³/mol. The first kappa shape index (κ1) is 18.6. The van der Waals surface area contributed by atoms with Crippen LogP contribution in [0, 0.1) is 0 Å². The molecule has 0 fully saturated rings. The Labute approximate surface area is 166 Å². The molecule has 0 spiro atoms. The Morgan fingerprint density at radius 3 is 2.47 bits per heavy atom. The second-order valence-electron chi connectivity index (χ2n) is 6.14. The molecule has 3 aromatic heterocycles. The summed E-state index contributed by atoms with van der Waals surface area (Å²) in [4.78, 5) is 52.1. The number of benzene rings is 1. The molecule has 4 aromatic rings. The summed E-state index contributed by atoms with van der Waals surface area (Å²) in [5, 5.41) is 21.2. The normalized spacial score (nSPS) is 10.8. The molecule has 0 aliphatic rings. The molecule has 0 radical (unpaired) electrons. The Bertz CT molecular complexity index is 1360. The Morgan fingerprint density at radius 1 is 1.07 bits per heavy atom. The first-order chi connectivity index (χ1) is 14.3. The van der Waals surface area contributed by atoms with Crippen LogP contribution in [0.5, 0.6) is 0 Å². The number of anilines is 3. The largest absolute Gasteiger partial charge is 0.478 e. The molecule has 0 saturated heterocycles. The lowest BCUT2D eigenvalue weighted by atomic mass is 10.1. The van der Waals surface area contributed by atoms with Gasteiger partial charge in [0, 0.05) is 11.6 Å². The fraction of sp³-hybridized carbons (Fsp3) is 0. The van der Waals surface area contributed by atoms with Gasteiger partial charge in [-0.1, -0.05) is 12.1 Å². The standard InChI is InChI=1S/C18H13N7O5/c19-14-11(7-1-3-8(4-2-7)17(27)28)25-15(13(24-14)18(29)30)22-10-5-9-12(16(26)23-10)21-6-20-9/h1-6H,(H2,19,24)(H,20,21)(H,27,28)(H,29,30)(H2,22,23,25,26). The molecule has 7 N–H and O–H groups in total. The SMILES string of the molecule is Nc1nc(C(=O)O)c(Nc2cc3[nH]cnc3c(=O)[nH]2)nc1-c1ccc(C(=O)O)cc1. The number of rotatable bonds is 5. The number of carboxylic acid groups (broad SMARTS) is 2. The van der Waals surface area contributed by atoms with Crippen molar-refractivity contribution >= 4 is 40.4 Å². The predicted octanol–water partition coefficient (Wildman–Crippen LogP) is 1.43. The third-order valence-electron chi connectivity index (χ3n) is 4.20. The van der Waals surface area contributed by atoms with Gasteiger partial charge >= 0.3 is 11.9 Å². The number of nitrogens with zero attached hydrogens (tertiary/aromatic N) is 3. The maximum absolute atomic E-state index is 12.1. The molecule has 3 heterocycles. The van der Waals surface area contributed by atoms with Crippen molar-refractivity contribution in [2.24, 2.45) is 0 Å². The molecule has 0 aliphatic carbocycles. The number of hydrogen-bond donors (Lipinski definition) is 6. The van der Waals surface area contributed by atoms with E-state index in [4.69, 9.17) is 10.8 Å². The van der Waals surface area contributed by atoms with E-state index < -0.39 is 23.2 Å². The van der Waals surface area contributed by atoms with Crippen LogP contribution in [0.2, 0.25) is 0 Å². The summed E-state index contributed by atoms with van der Waals surface area (Å²) in [5.74, 6) is -2.63. The van der Waals surface area contributed by atoms with E-state index in [9.17, 15) is 19.5 Å². The quantitative estimate of drug-likeness (QED) is 0.281. The zero-order valence-corrected chi connectivity index (χ0v) is 15.0. The molecule has 30 heavy (non-hydrogen) atoms. The van der Waals surface area contributed by atoms with Gasteiger partial charge < -0.3 is 31.2 Å². The summed E-state index contributed by atoms with van der Waals surface area (Å²) in [6.45, 7) is 0. The second-order valence-corrected chi connectivity index (χ2v) is 6.14. The fourth-order valence-corrected chi connectivity index (χ4v) is 2.82. The van der Waals surface area contributed by atoms with Gasteiger partial charge in [-0.2, -0.15) is 0 Å². The molecule has 0 saturated carbocycles. The monoisotopic (exact) mass is 407 g/mol. The highest BCUT2D eigenvalue weighted by Gasteiger charge is 2.20. The summed E-state index contributed by atoms with van der Waals surface area (Å²) >= 11 is 0. The Balaban J connectivity index is 1.81. The molecule has 0 aliphatic heterocycles. The van der Waals surface area contributed by atoms with Crippen LogP contribution in [-0.4, -0.2) is 47.1 Å². The number of H-pyrrole nitrogens is 2. The molecule has 150 valence electrons. The number of nitrogen functional groups attached to an aromatic ring is 1. The van der Waals surface area contributed by atoms with E-state index in [1.165, 1.54) is 36.7 Å². The molecule has 0 amide bonds. The molecule has 4 rings (SSSR count). The van der Waals surface area contributed by atoms with E-state index in [1.807, 2.05) is 0 Å². The maximum Gasteiger partial charge on any atom is 0.358 e.